The minimum Gasteiger partial charge on any atom is -0.462 e. The summed E-state index contributed by atoms with van der Waals surface area (Å²) in [4.78, 5) is 11.8. The maximum atomic E-state index is 11.8. The second-order valence-electron chi connectivity index (χ2n) is 9.20. The highest BCUT2D eigenvalue weighted by atomic mass is 16.5. The van der Waals surface area contributed by atoms with E-state index < -0.39 is 0 Å². The monoisotopic (exact) mass is 292 g/mol. The van der Waals surface area contributed by atoms with Crippen LogP contribution in [-0.4, -0.2) is 24.3 Å². The zero-order valence-corrected chi connectivity index (χ0v) is 13.6. The Labute approximate surface area is 127 Å². The SMILES string of the molecule is C=C(C)C(=O)OCC12CC3(C)CC(C)(CC(CO)(C3)C1)C2. The number of aliphatic hydroxyl groups is 1. The van der Waals surface area contributed by atoms with E-state index in [0.29, 0.717) is 23.0 Å². The first-order valence-electron chi connectivity index (χ1n) is 8.07. The second kappa shape index (κ2) is 4.34. The first-order chi connectivity index (χ1) is 9.63. The smallest absolute Gasteiger partial charge is 0.333 e. The number of hydrogen-bond acceptors (Lipinski definition) is 3. The van der Waals surface area contributed by atoms with Crippen LogP contribution in [0.1, 0.15) is 59.3 Å². The summed E-state index contributed by atoms with van der Waals surface area (Å²) in [6, 6.07) is 0. The van der Waals surface area contributed by atoms with Crippen LogP contribution in [0.25, 0.3) is 0 Å². The number of carbonyl (C=O) groups excluding carboxylic acids is 1. The van der Waals surface area contributed by atoms with Gasteiger partial charge in [-0.1, -0.05) is 20.4 Å². The van der Waals surface area contributed by atoms with Crippen molar-refractivity contribution in [3.8, 4) is 0 Å². The molecule has 4 aliphatic carbocycles. The Bertz CT molecular complexity index is 475. The van der Waals surface area contributed by atoms with E-state index in [0.717, 1.165) is 32.1 Å². The molecule has 2 atom stereocenters. The highest BCUT2D eigenvalue weighted by Crippen LogP contribution is 2.73. The molecule has 0 saturated heterocycles. The van der Waals surface area contributed by atoms with E-state index in [2.05, 4.69) is 20.4 Å². The average molecular weight is 292 g/mol. The lowest BCUT2D eigenvalue weighted by Crippen LogP contribution is -2.61. The van der Waals surface area contributed by atoms with E-state index in [1.165, 1.54) is 6.42 Å². The number of ether oxygens (including phenoxy) is 1. The Morgan fingerprint density at radius 1 is 1.05 bits per heavy atom. The largest absolute Gasteiger partial charge is 0.462 e. The summed E-state index contributed by atoms with van der Waals surface area (Å²) in [7, 11) is 0. The summed E-state index contributed by atoms with van der Waals surface area (Å²) in [6.07, 6.45) is 6.76. The maximum Gasteiger partial charge on any atom is 0.333 e. The van der Waals surface area contributed by atoms with Gasteiger partial charge < -0.3 is 9.84 Å². The van der Waals surface area contributed by atoms with Crippen LogP contribution in [0, 0.1) is 21.7 Å². The minimum atomic E-state index is -0.279. The minimum absolute atomic E-state index is 0.0495. The molecular formula is C18H28O3. The van der Waals surface area contributed by atoms with Gasteiger partial charge in [-0.15, -0.1) is 0 Å². The van der Waals surface area contributed by atoms with Crippen molar-refractivity contribution in [2.24, 2.45) is 21.7 Å². The molecule has 0 heterocycles. The standard InChI is InChI=1S/C18H28O3/c1-13(2)14(20)21-12-18-8-15(3)5-16(4,9-18)7-17(6-15,10-18)11-19/h19H,1,5-12H2,2-4H3. The molecule has 3 heteroatoms. The van der Waals surface area contributed by atoms with Crippen LogP contribution in [0.5, 0.6) is 0 Å². The Morgan fingerprint density at radius 2 is 1.57 bits per heavy atom. The molecule has 0 aromatic rings. The van der Waals surface area contributed by atoms with Crippen LogP contribution in [-0.2, 0) is 9.53 Å². The third-order valence-corrected chi connectivity index (χ3v) is 6.00. The number of carbonyl (C=O) groups is 1. The van der Waals surface area contributed by atoms with Gasteiger partial charge in [-0.05, 0) is 61.7 Å². The van der Waals surface area contributed by atoms with E-state index in [9.17, 15) is 9.90 Å². The fraction of sp³-hybridized carbons (Fsp3) is 0.833. The summed E-state index contributed by atoms with van der Waals surface area (Å²) in [5.74, 6) is -0.279. The lowest BCUT2D eigenvalue weighted by Gasteiger charge is -2.69. The molecule has 0 amide bonds. The maximum absolute atomic E-state index is 11.8. The molecule has 4 rings (SSSR count). The van der Waals surface area contributed by atoms with Crippen molar-refractivity contribution in [3.63, 3.8) is 0 Å². The summed E-state index contributed by atoms with van der Waals surface area (Å²) in [6.45, 7) is 10.8. The lowest BCUT2D eigenvalue weighted by atomic mass is 9.36. The molecule has 4 aliphatic rings. The zero-order valence-electron chi connectivity index (χ0n) is 13.6. The van der Waals surface area contributed by atoms with Gasteiger partial charge in [0.2, 0.25) is 0 Å². The zero-order chi connectivity index (χ0) is 15.5. The van der Waals surface area contributed by atoms with Gasteiger partial charge in [-0.2, -0.15) is 0 Å². The van der Waals surface area contributed by atoms with Crippen LogP contribution in [0.3, 0.4) is 0 Å². The fourth-order valence-electron chi connectivity index (χ4n) is 6.86. The summed E-state index contributed by atoms with van der Waals surface area (Å²) in [5, 5.41) is 10.0. The molecule has 118 valence electrons. The van der Waals surface area contributed by atoms with Gasteiger partial charge in [0.25, 0.3) is 0 Å². The normalized spacial score (nSPS) is 47.4. The highest BCUT2D eigenvalue weighted by molar-refractivity contribution is 5.86. The number of aliphatic hydroxyl groups excluding tert-OH is 1. The van der Waals surface area contributed by atoms with Gasteiger partial charge in [-0.3, -0.25) is 0 Å². The molecule has 0 aliphatic heterocycles. The van der Waals surface area contributed by atoms with Gasteiger partial charge in [0.05, 0.1) is 6.61 Å². The molecule has 2 unspecified atom stereocenters. The first kappa shape index (κ1) is 15.1. The van der Waals surface area contributed by atoms with Crippen molar-refractivity contribution in [3.05, 3.63) is 12.2 Å². The summed E-state index contributed by atoms with van der Waals surface area (Å²) < 4.78 is 5.55. The van der Waals surface area contributed by atoms with Gasteiger partial charge in [-0.25, -0.2) is 4.79 Å². The number of rotatable bonds is 4. The van der Waals surface area contributed by atoms with Crippen LogP contribution in [0.4, 0.5) is 0 Å². The van der Waals surface area contributed by atoms with E-state index in [1.54, 1.807) is 6.92 Å². The Balaban J connectivity index is 1.86. The van der Waals surface area contributed by atoms with Crippen LogP contribution in [0.2, 0.25) is 0 Å². The van der Waals surface area contributed by atoms with E-state index >= 15 is 0 Å². The topological polar surface area (TPSA) is 46.5 Å². The second-order valence-corrected chi connectivity index (χ2v) is 9.20. The molecule has 1 N–H and O–H groups in total. The van der Waals surface area contributed by atoms with Crippen LogP contribution < -0.4 is 0 Å². The van der Waals surface area contributed by atoms with Crippen molar-refractivity contribution < 1.29 is 14.6 Å². The van der Waals surface area contributed by atoms with Crippen molar-refractivity contribution in [1.29, 1.82) is 0 Å². The van der Waals surface area contributed by atoms with Crippen molar-refractivity contribution in [2.45, 2.75) is 59.3 Å². The molecule has 4 fully saturated rings. The van der Waals surface area contributed by atoms with Crippen LogP contribution >= 0.6 is 0 Å². The molecule has 0 aromatic heterocycles. The van der Waals surface area contributed by atoms with Gasteiger partial charge in [0.1, 0.15) is 0 Å². The number of esters is 1. The Morgan fingerprint density at radius 3 is 2.05 bits per heavy atom. The van der Waals surface area contributed by atoms with E-state index in [4.69, 9.17) is 4.74 Å². The van der Waals surface area contributed by atoms with Gasteiger partial charge >= 0.3 is 5.97 Å². The third-order valence-electron chi connectivity index (χ3n) is 6.00. The highest BCUT2D eigenvalue weighted by Gasteiger charge is 2.65. The van der Waals surface area contributed by atoms with Crippen LogP contribution in [0.15, 0.2) is 12.2 Å². The molecular weight excluding hydrogens is 264 g/mol. The molecule has 0 radical (unpaired) electrons. The summed E-state index contributed by atoms with van der Waals surface area (Å²) >= 11 is 0. The number of hydrogen-bond donors (Lipinski definition) is 1. The molecule has 0 aromatic carbocycles. The van der Waals surface area contributed by atoms with Gasteiger partial charge in [0, 0.05) is 17.6 Å². The average Bonchev–Trinajstić information content (AvgIpc) is 2.31. The van der Waals surface area contributed by atoms with Crippen molar-refractivity contribution >= 4 is 5.97 Å². The third kappa shape index (κ3) is 2.44. The molecule has 21 heavy (non-hydrogen) atoms. The van der Waals surface area contributed by atoms with Crippen molar-refractivity contribution in [1.82, 2.24) is 0 Å². The summed E-state index contributed by atoms with van der Waals surface area (Å²) in [5.41, 5.74) is 1.16. The Hall–Kier alpha value is -0.830. The Kier molecular flexibility index (Phi) is 3.12. The first-order valence-corrected chi connectivity index (χ1v) is 8.07. The van der Waals surface area contributed by atoms with E-state index in [1.807, 2.05) is 0 Å². The van der Waals surface area contributed by atoms with Crippen molar-refractivity contribution in [2.75, 3.05) is 13.2 Å². The lowest BCUT2D eigenvalue weighted by molar-refractivity contribution is -0.216. The quantitative estimate of drug-likeness (QED) is 0.637. The molecule has 4 bridgehead atoms. The molecule has 4 saturated carbocycles. The molecule has 3 nitrogen and oxygen atoms in total. The molecule has 0 spiro atoms. The van der Waals surface area contributed by atoms with Gasteiger partial charge in [0.15, 0.2) is 0 Å². The predicted octanol–water partition coefficient (Wildman–Crippen LogP) is 3.46. The fourth-order valence-corrected chi connectivity index (χ4v) is 6.86. The van der Waals surface area contributed by atoms with E-state index in [-0.39, 0.29) is 23.4 Å². The predicted molar refractivity (Wildman–Crippen MR) is 81.6 cm³/mol.